The summed E-state index contributed by atoms with van der Waals surface area (Å²) < 4.78 is 7.21. The molecule has 2 N–H and O–H groups in total. The molecule has 1 fully saturated rings. The fraction of sp³-hybridized carbons (Fsp3) is 0.500. The van der Waals surface area contributed by atoms with Gasteiger partial charge in [0.15, 0.2) is 0 Å². The van der Waals surface area contributed by atoms with E-state index in [0.29, 0.717) is 25.3 Å². The molecular formula is C26H35Cl2N5O2. The minimum Gasteiger partial charge on any atom is -0.383 e. The van der Waals surface area contributed by atoms with Crippen LogP contribution in [0, 0.1) is 0 Å². The molecule has 0 bridgehead atoms. The molecule has 1 saturated carbocycles. The number of methoxy groups -OCH3 is 1. The fourth-order valence-electron chi connectivity index (χ4n) is 5.16. The smallest absolute Gasteiger partial charge is 0.254 e. The zero-order valence-corrected chi connectivity index (χ0v) is 22.2. The Balaban J connectivity index is 0.00000342. The maximum absolute atomic E-state index is 13.7. The molecule has 4 rings (SSSR count). The van der Waals surface area contributed by atoms with Crippen LogP contribution in [0.4, 0.5) is 0 Å². The molecule has 1 aromatic heterocycles. The number of carbonyl (C=O) groups excluding carboxylic acids is 1. The number of rotatable bonds is 8. The molecule has 1 amide bonds. The fourth-order valence-corrected chi connectivity index (χ4v) is 5.35. The van der Waals surface area contributed by atoms with Crippen molar-refractivity contribution in [2.75, 3.05) is 26.8 Å². The standard InChI is InChI=1S/C26H34ClN5O2.ClH/c1-18(2)32-24-8-7-19(15-23(24)29-30-32)25(33)31(13-14-34-3)22-9-11-26(17-28,12-10-22)20-5-4-6-21(27)16-20;/h4-8,15-16,18,22H,9-14,17,28H2,1-3H3;1H. The largest absolute Gasteiger partial charge is 0.383 e. The molecule has 2 aromatic carbocycles. The summed E-state index contributed by atoms with van der Waals surface area (Å²) >= 11 is 6.27. The van der Waals surface area contributed by atoms with Gasteiger partial charge in [-0.05, 0) is 75.4 Å². The molecule has 3 aromatic rings. The predicted molar refractivity (Wildman–Crippen MR) is 143 cm³/mol. The van der Waals surface area contributed by atoms with Crippen LogP contribution < -0.4 is 5.73 Å². The molecule has 1 heterocycles. The van der Waals surface area contributed by atoms with Gasteiger partial charge in [-0.2, -0.15) is 0 Å². The highest BCUT2D eigenvalue weighted by Gasteiger charge is 2.38. The van der Waals surface area contributed by atoms with Crippen LogP contribution in [0.3, 0.4) is 0 Å². The van der Waals surface area contributed by atoms with Crippen LogP contribution in [0.25, 0.3) is 11.0 Å². The van der Waals surface area contributed by atoms with Gasteiger partial charge in [0.1, 0.15) is 5.52 Å². The van der Waals surface area contributed by atoms with E-state index in [1.54, 1.807) is 7.11 Å². The number of halogens is 2. The van der Waals surface area contributed by atoms with Gasteiger partial charge in [0.05, 0.1) is 12.1 Å². The second kappa shape index (κ2) is 11.7. The highest BCUT2D eigenvalue weighted by Crippen LogP contribution is 2.41. The molecule has 190 valence electrons. The Hall–Kier alpha value is -2.19. The van der Waals surface area contributed by atoms with E-state index in [-0.39, 0.29) is 35.8 Å². The first kappa shape index (κ1) is 27.4. The van der Waals surface area contributed by atoms with Crippen LogP contribution in [-0.2, 0) is 10.2 Å². The molecule has 7 nitrogen and oxygen atoms in total. The normalized spacial score (nSPS) is 20.1. The minimum atomic E-state index is -0.106. The Labute approximate surface area is 218 Å². The number of nitrogens with two attached hydrogens (primary N) is 1. The minimum absolute atomic E-state index is 0. The van der Waals surface area contributed by atoms with Gasteiger partial charge >= 0.3 is 0 Å². The predicted octanol–water partition coefficient (Wildman–Crippen LogP) is 5.02. The monoisotopic (exact) mass is 519 g/mol. The van der Waals surface area contributed by atoms with Crippen LogP contribution in [0.15, 0.2) is 42.5 Å². The van der Waals surface area contributed by atoms with E-state index in [1.807, 2.05) is 46.0 Å². The van der Waals surface area contributed by atoms with E-state index in [2.05, 4.69) is 30.2 Å². The van der Waals surface area contributed by atoms with Crippen molar-refractivity contribution in [2.24, 2.45) is 5.73 Å². The van der Waals surface area contributed by atoms with Crippen molar-refractivity contribution in [3.63, 3.8) is 0 Å². The first-order valence-corrected chi connectivity index (χ1v) is 12.4. The van der Waals surface area contributed by atoms with Crippen LogP contribution in [0.2, 0.25) is 5.02 Å². The van der Waals surface area contributed by atoms with Gasteiger partial charge in [-0.1, -0.05) is 28.9 Å². The maximum Gasteiger partial charge on any atom is 0.254 e. The quantitative estimate of drug-likeness (QED) is 0.451. The van der Waals surface area contributed by atoms with Gasteiger partial charge in [-0.15, -0.1) is 17.5 Å². The van der Waals surface area contributed by atoms with Crippen molar-refractivity contribution in [2.45, 2.75) is 57.0 Å². The Kier molecular flexibility index (Phi) is 9.16. The lowest BCUT2D eigenvalue weighted by Crippen LogP contribution is -2.48. The van der Waals surface area contributed by atoms with E-state index in [4.69, 9.17) is 22.1 Å². The summed E-state index contributed by atoms with van der Waals surface area (Å²) in [5, 5.41) is 9.25. The second-order valence-corrected chi connectivity index (χ2v) is 9.99. The zero-order valence-electron chi connectivity index (χ0n) is 20.6. The first-order valence-electron chi connectivity index (χ1n) is 12.0. The third-order valence-corrected chi connectivity index (χ3v) is 7.42. The number of amides is 1. The molecule has 35 heavy (non-hydrogen) atoms. The van der Waals surface area contributed by atoms with Crippen LogP contribution in [-0.4, -0.2) is 58.6 Å². The second-order valence-electron chi connectivity index (χ2n) is 9.55. The zero-order chi connectivity index (χ0) is 24.3. The Morgan fingerprint density at radius 3 is 2.63 bits per heavy atom. The van der Waals surface area contributed by atoms with Crippen molar-refractivity contribution in [1.29, 1.82) is 0 Å². The summed E-state index contributed by atoms with van der Waals surface area (Å²) in [6.07, 6.45) is 3.58. The van der Waals surface area contributed by atoms with Gasteiger partial charge in [0.25, 0.3) is 5.91 Å². The molecule has 0 aliphatic heterocycles. The van der Waals surface area contributed by atoms with Crippen LogP contribution in [0.1, 0.15) is 61.5 Å². The first-order chi connectivity index (χ1) is 16.4. The van der Waals surface area contributed by atoms with Gasteiger partial charge in [0.2, 0.25) is 0 Å². The number of benzene rings is 2. The molecular weight excluding hydrogens is 485 g/mol. The molecule has 0 unspecified atom stereocenters. The van der Waals surface area contributed by atoms with Crippen molar-refractivity contribution in [3.8, 4) is 0 Å². The number of hydrogen-bond acceptors (Lipinski definition) is 5. The third-order valence-electron chi connectivity index (χ3n) is 7.19. The third kappa shape index (κ3) is 5.64. The summed E-state index contributed by atoms with van der Waals surface area (Å²) in [5.41, 5.74) is 9.67. The molecule has 0 saturated heterocycles. The summed E-state index contributed by atoms with van der Waals surface area (Å²) in [5.74, 6) is 0.00560. The molecule has 1 aliphatic rings. The van der Waals surface area contributed by atoms with Crippen LogP contribution in [0.5, 0.6) is 0 Å². The lowest BCUT2D eigenvalue weighted by molar-refractivity contribution is 0.0508. The molecule has 9 heteroatoms. The van der Waals surface area contributed by atoms with Gasteiger partial charge in [-0.3, -0.25) is 4.79 Å². The topological polar surface area (TPSA) is 86.3 Å². The Morgan fingerprint density at radius 1 is 1.26 bits per heavy atom. The van der Waals surface area contributed by atoms with Gasteiger partial charge in [-0.25, -0.2) is 4.68 Å². The van der Waals surface area contributed by atoms with E-state index >= 15 is 0 Å². The molecule has 0 spiro atoms. The van der Waals surface area contributed by atoms with E-state index in [0.717, 1.165) is 41.7 Å². The van der Waals surface area contributed by atoms with Gasteiger partial charge in [0, 0.05) is 48.3 Å². The maximum atomic E-state index is 13.7. The summed E-state index contributed by atoms with van der Waals surface area (Å²) in [7, 11) is 1.67. The Bertz CT molecular complexity index is 1140. The number of nitrogens with zero attached hydrogens (tertiary/aromatic N) is 4. The SMILES string of the molecule is COCCN(C(=O)c1ccc2c(c1)nnn2C(C)C)C1CCC(CN)(c2cccc(Cl)c2)CC1.Cl. The number of ether oxygens (including phenoxy) is 1. The molecule has 0 atom stereocenters. The lowest BCUT2D eigenvalue weighted by Gasteiger charge is -2.43. The lowest BCUT2D eigenvalue weighted by atomic mass is 9.68. The van der Waals surface area contributed by atoms with E-state index in [9.17, 15) is 4.79 Å². The Morgan fingerprint density at radius 2 is 2.00 bits per heavy atom. The number of aromatic nitrogens is 3. The molecule has 1 aliphatic carbocycles. The average molecular weight is 521 g/mol. The summed E-state index contributed by atoms with van der Waals surface area (Å²) in [6, 6.07) is 14.0. The summed E-state index contributed by atoms with van der Waals surface area (Å²) in [4.78, 5) is 15.6. The van der Waals surface area contributed by atoms with Gasteiger partial charge < -0.3 is 15.4 Å². The highest BCUT2D eigenvalue weighted by molar-refractivity contribution is 6.30. The number of hydrogen-bond donors (Lipinski definition) is 1. The van der Waals surface area contributed by atoms with Crippen LogP contribution >= 0.6 is 24.0 Å². The number of fused-ring (bicyclic) bond motifs is 1. The van der Waals surface area contributed by atoms with Crippen molar-refractivity contribution >= 4 is 40.9 Å². The highest BCUT2D eigenvalue weighted by atomic mass is 35.5. The van der Waals surface area contributed by atoms with Crippen molar-refractivity contribution < 1.29 is 9.53 Å². The molecule has 0 radical (unpaired) electrons. The summed E-state index contributed by atoms with van der Waals surface area (Å²) in [6.45, 7) is 5.73. The van der Waals surface area contributed by atoms with E-state index in [1.165, 1.54) is 5.56 Å². The van der Waals surface area contributed by atoms with Crippen molar-refractivity contribution in [1.82, 2.24) is 19.9 Å². The number of carbonyl (C=O) groups is 1. The van der Waals surface area contributed by atoms with Crippen molar-refractivity contribution in [3.05, 3.63) is 58.6 Å². The average Bonchev–Trinajstić information content (AvgIpc) is 3.28. The van der Waals surface area contributed by atoms with E-state index < -0.39 is 0 Å².